The highest BCUT2D eigenvalue weighted by atomic mass is 79.9. The molecule has 1 aromatic carbocycles. The Hall–Kier alpha value is -0.370. The summed E-state index contributed by atoms with van der Waals surface area (Å²) in [7, 11) is -3.51. The van der Waals surface area contributed by atoms with Gasteiger partial charge in [0.25, 0.3) is 0 Å². The van der Waals surface area contributed by atoms with Gasteiger partial charge in [-0.05, 0) is 47.4 Å². The van der Waals surface area contributed by atoms with Crippen LogP contribution in [0.15, 0.2) is 16.6 Å². The molecule has 3 N–H and O–H groups in total. The summed E-state index contributed by atoms with van der Waals surface area (Å²) in [5.41, 5.74) is 5.43. The van der Waals surface area contributed by atoms with Gasteiger partial charge < -0.3 is 5.73 Å². The van der Waals surface area contributed by atoms with Gasteiger partial charge in [-0.15, -0.1) is 0 Å². The fourth-order valence-corrected chi connectivity index (χ4v) is 3.59. The molecule has 0 radical (unpaired) electrons. The molecule has 0 aliphatic carbocycles. The van der Waals surface area contributed by atoms with E-state index in [1.165, 1.54) is 0 Å². The Morgan fingerprint density at radius 2 is 2.06 bits per heavy atom. The van der Waals surface area contributed by atoms with Gasteiger partial charge in [0.05, 0.1) is 16.5 Å². The first kappa shape index (κ1) is 15.7. The fourth-order valence-electron chi connectivity index (χ4n) is 1.28. The van der Waals surface area contributed by atoms with E-state index < -0.39 is 15.8 Å². The van der Waals surface area contributed by atoms with E-state index in [9.17, 15) is 12.8 Å². The molecule has 0 aromatic heterocycles. The van der Waals surface area contributed by atoms with Crippen LogP contribution in [0.1, 0.15) is 12.8 Å². The first-order valence-electron chi connectivity index (χ1n) is 5.21. The van der Waals surface area contributed by atoms with Crippen molar-refractivity contribution in [1.29, 1.82) is 0 Å². The summed E-state index contributed by atoms with van der Waals surface area (Å²) in [5.74, 6) is -0.595. The summed E-state index contributed by atoms with van der Waals surface area (Å²) >= 11 is 8.85. The maximum atomic E-state index is 13.0. The van der Waals surface area contributed by atoms with Gasteiger partial charge in [0.1, 0.15) is 5.82 Å². The third-order valence-electron chi connectivity index (χ3n) is 2.13. The minimum absolute atomic E-state index is 0.00396. The van der Waals surface area contributed by atoms with Crippen LogP contribution in [-0.4, -0.2) is 20.7 Å². The van der Waals surface area contributed by atoms with Gasteiger partial charge in [0, 0.05) is 4.47 Å². The highest BCUT2D eigenvalue weighted by Crippen LogP contribution is 2.32. The van der Waals surface area contributed by atoms with Crippen molar-refractivity contribution in [3.8, 4) is 0 Å². The number of anilines is 1. The molecule has 0 atom stereocenters. The first-order valence-corrected chi connectivity index (χ1v) is 8.03. The summed E-state index contributed by atoms with van der Waals surface area (Å²) in [6, 6.07) is 2.19. The van der Waals surface area contributed by atoms with E-state index in [-0.39, 0.29) is 20.9 Å². The maximum Gasteiger partial charge on any atom is 0.232 e. The molecular weight excluding hydrogens is 347 g/mol. The predicted molar refractivity (Wildman–Crippen MR) is 74.8 cm³/mol. The second kappa shape index (κ2) is 6.70. The Morgan fingerprint density at radius 3 is 2.61 bits per heavy atom. The zero-order valence-electron chi connectivity index (χ0n) is 9.42. The highest BCUT2D eigenvalue weighted by molar-refractivity contribution is 9.10. The number of rotatable bonds is 6. The van der Waals surface area contributed by atoms with Gasteiger partial charge in [-0.2, -0.15) is 0 Å². The molecule has 0 aliphatic rings. The third-order valence-corrected chi connectivity index (χ3v) is 4.40. The largest absolute Gasteiger partial charge is 0.330 e. The zero-order chi connectivity index (χ0) is 13.8. The molecule has 0 fully saturated rings. The fraction of sp³-hybridized carbons (Fsp3) is 0.400. The summed E-state index contributed by atoms with van der Waals surface area (Å²) in [5, 5.41) is 0.00396. The topological polar surface area (TPSA) is 72.2 Å². The van der Waals surface area contributed by atoms with Crippen LogP contribution in [0.5, 0.6) is 0 Å². The number of nitrogens with one attached hydrogen (secondary N) is 1. The molecule has 102 valence electrons. The molecule has 1 aromatic rings. The smallest absolute Gasteiger partial charge is 0.232 e. The molecule has 4 nitrogen and oxygen atoms in total. The normalized spacial score (nSPS) is 11.6. The van der Waals surface area contributed by atoms with Crippen molar-refractivity contribution in [2.24, 2.45) is 5.73 Å². The predicted octanol–water partition coefficient (Wildman–Crippen LogP) is 2.72. The van der Waals surface area contributed by atoms with E-state index in [0.717, 1.165) is 12.1 Å². The second-order valence-corrected chi connectivity index (χ2v) is 6.76. The van der Waals surface area contributed by atoms with Crippen molar-refractivity contribution >= 4 is 43.2 Å². The van der Waals surface area contributed by atoms with Crippen LogP contribution in [0.3, 0.4) is 0 Å². The van der Waals surface area contributed by atoms with Crippen molar-refractivity contribution in [2.75, 3.05) is 17.0 Å². The number of nitrogens with two attached hydrogens (primary N) is 1. The zero-order valence-corrected chi connectivity index (χ0v) is 12.6. The van der Waals surface area contributed by atoms with Crippen LogP contribution < -0.4 is 10.5 Å². The molecule has 0 spiro atoms. The van der Waals surface area contributed by atoms with Crippen LogP contribution in [0, 0.1) is 5.82 Å². The van der Waals surface area contributed by atoms with Crippen LogP contribution >= 0.6 is 27.5 Å². The number of halogens is 3. The lowest BCUT2D eigenvalue weighted by Crippen LogP contribution is -2.18. The lowest BCUT2D eigenvalue weighted by molar-refractivity contribution is 0.596. The first-order chi connectivity index (χ1) is 8.35. The van der Waals surface area contributed by atoms with Gasteiger partial charge in [-0.3, -0.25) is 4.72 Å². The molecule has 0 bridgehead atoms. The minimum Gasteiger partial charge on any atom is -0.330 e. The van der Waals surface area contributed by atoms with E-state index >= 15 is 0 Å². The van der Waals surface area contributed by atoms with Gasteiger partial charge in [-0.1, -0.05) is 11.6 Å². The Morgan fingerprint density at radius 1 is 1.39 bits per heavy atom. The molecular formula is C10H13BrClFN2O2S. The van der Waals surface area contributed by atoms with E-state index in [2.05, 4.69) is 20.7 Å². The van der Waals surface area contributed by atoms with Gasteiger partial charge in [0.15, 0.2) is 0 Å². The lowest BCUT2D eigenvalue weighted by Gasteiger charge is -2.11. The van der Waals surface area contributed by atoms with Gasteiger partial charge in [-0.25, -0.2) is 12.8 Å². The van der Waals surface area contributed by atoms with E-state index in [1.54, 1.807) is 0 Å². The maximum absolute atomic E-state index is 13.0. The number of hydrogen-bond acceptors (Lipinski definition) is 3. The summed E-state index contributed by atoms with van der Waals surface area (Å²) in [4.78, 5) is 0. The Kier molecular flexibility index (Phi) is 5.84. The van der Waals surface area contributed by atoms with Crippen molar-refractivity contribution < 1.29 is 12.8 Å². The number of hydrogen-bond donors (Lipinski definition) is 2. The lowest BCUT2D eigenvalue weighted by atomic mass is 10.3. The van der Waals surface area contributed by atoms with Crippen LogP contribution in [0.25, 0.3) is 0 Å². The Bertz CT molecular complexity index is 502. The summed E-state index contributed by atoms with van der Waals surface area (Å²) < 4.78 is 39.0. The van der Waals surface area contributed by atoms with E-state index in [0.29, 0.717) is 19.4 Å². The molecule has 0 heterocycles. The molecule has 0 saturated carbocycles. The van der Waals surface area contributed by atoms with Gasteiger partial charge in [0.2, 0.25) is 10.0 Å². The molecule has 0 unspecified atom stereocenters. The average Bonchev–Trinajstić information content (AvgIpc) is 2.23. The Labute approximate surface area is 119 Å². The molecule has 0 amide bonds. The quantitative estimate of drug-likeness (QED) is 0.767. The standard InChI is InChI=1S/C10H13BrClFN2O2S/c11-8-5-7(13)6-9(12)10(8)15-18(16,17)4-2-1-3-14/h5-6,15H,1-4,14H2. The van der Waals surface area contributed by atoms with Gasteiger partial charge >= 0.3 is 0 Å². The third kappa shape index (κ3) is 4.72. The molecule has 8 heteroatoms. The summed E-state index contributed by atoms with van der Waals surface area (Å²) in [6.07, 6.45) is 1.08. The minimum atomic E-state index is -3.51. The van der Waals surface area contributed by atoms with E-state index in [4.69, 9.17) is 17.3 Å². The van der Waals surface area contributed by atoms with E-state index in [1.807, 2.05) is 0 Å². The highest BCUT2D eigenvalue weighted by Gasteiger charge is 2.15. The molecule has 18 heavy (non-hydrogen) atoms. The number of unbranched alkanes of at least 4 members (excludes halogenated alkanes) is 1. The van der Waals surface area contributed by atoms with Crippen molar-refractivity contribution in [3.63, 3.8) is 0 Å². The van der Waals surface area contributed by atoms with Crippen LogP contribution in [0.2, 0.25) is 5.02 Å². The van der Waals surface area contributed by atoms with Crippen LogP contribution in [-0.2, 0) is 10.0 Å². The summed E-state index contributed by atoms with van der Waals surface area (Å²) in [6.45, 7) is 0.441. The van der Waals surface area contributed by atoms with Crippen molar-refractivity contribution in [2.45, 2.75) is 12.8 Å². The van der Waals surface area contributed by atoms with Crippen molar-refractivity contribution in [3.05, 3.63) is 27.4 Å². The average molecular weight is 360 g/mol. The SMILES string of the molecule is NCCCCS(=O)(=O)Nc1c(Cl)cc(F)cc1Br. The second-order valence-electron chi connectivity index (χ2n) is 3.66. The van der Waals surface area contributed by atoms with Crippen LogP contribution in [0.4, 0.5) is 10.1 Å². The Balaban J connectivity index is 2.84. The number of benzene rings is 1. The number of sulfonamides is 1. The molecule has 0 saturated heterocycles. The monoisotopic (exact) mass is 358 g/mol. The molecule has 1 rings (SSSR count). The molecule has 0 aliphatic heterocycles. The van der Waals surface area contributed by atoms with Crippen molar-refractivity contribution in [1.82, 2.24) is 0 Å².